The summed E-state index contributed by atoms with van der Waals surface area (Å²) in [4.78, 5) is 26.5. The van der Waals surface area contributed by atoms with Crippen LogP contribution in [0.4, 0.5) is 13.2 Å². The normalized spacial score (nSPS) is 19.8. The van der Waals surface area contributed by atoms with Crippen LogP contribution in [0.5, 0.6) is 0 Å². The molecule has 1 aromatic carbocycles. The molecule has 1 saturated heterocycles. The zero-order valence-electron chi connectivity index (χ0n) is 14.0. The lowest BCUT2D eigenvalue weighted by atomic mass is 9.82. The Balaban J connectivity index is 1.93. The third-order valence-electron chi connectivity index (χ3n) is 4.79. The number of nitrogens with zero attached hydrogens (tertiary/aromatic N) is 2. The molecule has 0 aromatic heterocycles. The number of benzene rings is 1. The summed E-state index contributed by atoms with van der Waals surface area (Å²) in [6.45, 7) is 4.16. The van der Waals surface area contributed by atoms with Gasteiger partial charge in [-0.1, -0.05) is 6.92 Å². The highest BCUT2D eigenvalue weighted by atomic mass is 19.4. The van der Waals surface area contributed by atoms with Crippen molar-refractivity contribution in [2.45, 2.75) is 33.1 Å². The molecule has 2 amide bonds. The van der Waals surface area contributed by atoms with E-state index < -0.39 is 23.6 Å². The van der Waals surface area contributed by atoms with Crippen molar-refractivity contribution in [3.63, 3.8) is 0 Å². The number of carbonyl (C=O) groups excluding carboxylic acids is 2. The van der Waals surface area contributed by atoms with Crippen LogP contribution in [0.2, 0.25) is 0 Å². The van der Waals surface area contributed by atoms with Crippen molar-refractivity contribution < 1.29 is 27.9 Å². The minimum atomic E-state index is -4.60. The number of amides is 2. The second kappa shape index (κ2) is 5.81. The molecule has 2 aliphatic heterocycles. The van der Waals surface area contributed by atoms with Gasteiger partial charge in [-0.25, -0.2) is 0 Å². The summed E-state index contributed by atoms with van der Waals surface area (Å²) < 4.78 is 40.3. The van der Waals surface area contributed by atoms with E-state index >= 15 is 0 Å². The Bertz CT molecular complexity index is 739. The van der Waals surface area contributed by atoms with Crippen LogP contribution in [-0.4, -0.2) is 46.4 Å². The Kier molecular flexibility index (Phi) is 4.15. The van der Waals surface area contributed by atoms with E-state index in [-0.39, 0.29) is 36.2 Å². The quantitative estimate of drug-likeness (QED) is 0.900. The lowest BCUT2D eigenvalue weighted by Gasteiger charge is -2.47. The fourth-order valence-electron chi connectivity index (χ4n) is 3.57. The summed E-state index contributed by atoms with van der Waals surface area (Å²) in [6.07, 6.45) is -4.60. The molecule has 1 aromatic rings. The van der Waals surface area contributed by atoms with E-state index in [1.165, 1.54) is 6.07 Å². The molecule has 0 unspecified atom stereocenters. The summed E-state index contributed by atoms with van der Waals surface area (Å²) >= 11 is 0. The van der Waals surface area contributed by atoms with Gasteiger partial charge in [0.15, 0.2) is 0 Å². The molecule has 2 aliphatic rings. The fraction of sp³-hybridized carbons (Fsp3) is 0.529. The van der Waals surface area contributed by atoms with Gasteiger partial charge in [0.25, 0.3) is 5.91 Å². The Morgan fingerprint density at radius 1 is 1.32 bits per heavy atom. The Morgan fingerprint density at radius 3 is 2.48 bits per heavy atom. The first-order chi connectivity index (χ1) is 11.5. The third kappa shape index (κ3) is 3.16. The molecule has 3 rings (SSSR count). The minimum absolute atomic E-state index is 0.0214. The van der Waals surface area contributed by atoms with Crippen molar-refractivity contribution in [3.8, 4) is 0 Å². The van der Waals surface area contributed by atoms with Crippen LogP contribution in [0, 0.1) is 5.41 Å². The molecule has 0 atom stereocenters. The smallest absolute Gasteiger partial charge is 0.396 e. The average molecular weight is 356 g/mol. The van der Waals surface area contributed by atoms with Crippen molar-refractivity contribution in [3.05, 3.63) is 34.4 Å². The van der Waals surface area contributed by atoms with E-state index in [9.17, 15) is 27.9 Å². The van der Waals surface area contributed by atoms with E-state index in [1.54, 1.807) is 0 Å². The number of imide groups is 1. The van der Waals surface area contributed by atoms with Gasteiger partial charge in [0.1, 0.15) is 0 Å². The molecule has 25 heavy (non-hydrogen) atoms. The SMILES string of the molecule is CC(=O)N1Cc2c(cc(CN3CC(C)(CO)C3)cc2C(F)(F)F)C1=O. The third-order valence-corrected chi connectivity index (χ3v) is 4.79. The maximum atomic E-state index is 13.4. The first-order valence-corrected chi connectivity index (χ1v) is 7.93. The van der Waals surface area contributed by atoms with Crippen molar-refractivity contribution in [2.75, 3.05) is 19.7 Å². The van der Waals surface area contributed by atoms with Gasteiger partial charge < -0.3 is 5.11 Å². The molecule has 0 saturated carbocycles. The van der Waals surface area contributed by atoms with Crippen LogP contribution >= 0.6 is 0 Å². The highest BCUT2D eigenvalue weighted by molar-refractivity contribution is 6.07. The summed E-state index contributed by atoms with van der Waals surface area (Å²) in [6, 6.07) is 2.51. The number of fused-ring (bicyclic) bond motifs is 1. The number of aliphatic hydroxyl groups excluding tert-OH is 1. The van der Waals surface area contributed by atoms with Gasteiger partial charge in [-0.3, -0.25) is 19.4 Å². The molecule has 1 fully saturated rings. The maximum Gasteiger partial charge on any atom is 0.416 e. The van der Waals surface area contributed by atoms with Gasteiger partial charge in [-0.05, 0) is 23.3 Å². The first-order valence-electron chi connectivity index (χ1n) is 7.93. The molecule has 2 heterocycles. The van der Waals surface area contributed by atoms with E-state index in [0.717, 1.165) is 17.9 Å². The molecular formula is C17H19F3N2O3. The topological polar surface area (TPSA) is 60.9 Å². The summed E-state index contributed by atoms with van der Waals surface area (Å²) in [5.41, 5.74) is -0.900. The molecule has 5 nitrogen and oxygen atoms in total. The number of hydrogen-bond donors (Lipinski definition) is 1. The predicted molar refractivity (Wildman–Crippen MR) is 82.5 cm³/mol. The zero-order valence-corrected chi connectivity index (χ0v) is 14.0. The molecule has 0 radical (unpaired) electrons. The van der Waals surface area contributed by atoms with Crippen molar-refractivity contribution in [2.24, 2.45) is 5.41 Å². The molecule has 8 heteroatoms. The van der Waals surface area contributed by atoms with Gasteiger partial charge in [0, 0.05) is 37.5 Å². The highest BCUT2D eigenvalue weighted by Gasteiger charge is 2.42. The molecular weight excluding hydrogens is 337 g/mol. The Hall–Kier alpha value is -1.93. The first kappa shape index (κ1) is 17.9. The van der Waals surface area contributed by atoms with Crippen molar-refractivity contribution in [1.82, 2.24) is 9.80 Å². The molecule has 0 spiro atoms. The van der Waals surface area contributed by atoms with Gasteiger partial charge in [-0.2, -0.15) is 13.2 Å². The van der Waals surface area contributed by atoms with Gasteiger partial charge in [-0.15, -0.1) is 0 Å². The van der Waals surface area contributed by atoms with E-state index in [0.29, 0.717) is 18.7 Å². The molecule has 1 N–H and O–H groups in total. The van der Waals surface area contributed by atoms with Gasteiger partial charge >= 0.3 is 6.18 Å². The second-order valence-corrected chi connectivity index (χ2v) is 7.19. The fourth-order valence-corrected chi connectivity index (χ4v) is 3.57. The molecule has 0 bridgehead atoms. The van der Waals surface area contributed by atoms with E-state index in [2.05, 4.69) is 0 Å². The van der Waals surface area contributed by atoms with Crippen LogP contribution in [0.15, 0.2) is 12.1 Å². The largest absolute Gasteiger partial charge is 0.416 e. The van der Waals surface area contributed by atoms with Crippen LogP contribution < -0.4 is 0 Å². The number of carbonyl (C=O) groups is 2. The standard InChI is InChI=1S/C17H19F3N2O3/c1-10(24)22-6-13-12(15(22)25)3-11(4-14(13)17(18,19)20)5-21-7-16(2,8-21)9-23/h3-4,23H,5-9H2,1-2H3. The van der Waals surface area contributed by atoms with Crippen LogP contribution in [-0.2, 0) is 24.1 Å². The van der Waals surface area contributed by atoms with Gasteiger partial charge in [0.2, 0.25) is 5.91 Å². The number of aliphatic hydroxyl groups is 1. The zero-order chi connectivity index (χ0) is 18.6. The maximum absolute atomic E-state index is 13.4. The van der Waals surface area contributed by atoms with Crippen LogP contribution in [0.1, 0.15) is 40.9 Å². The van der Waals surface area contributed by atoms with E-state index in [1.807, 2.05) is 11.8 Å². The van der Waals surface area contributed by atoms with Crippen LogP contribution in [0.3, 0.4) is 0 Å². The Labute approximate surface area is 143 Å². The van der Waals surface area contributed by atoms with Gasteiger partial charge in [0.05, 0.1) is 18.7 Å². The monoisotopic (exact) mass is 356 g/mol. The highest BCUT2D eigenvalue weighted by Crippen LogP contribution is 2.39. The number of rotatable bonds is 3. The summed E-state index contributed by atoms with van der Waals surface area (Å²) in [5, 5.41) is 9.27. The lowest BCUT2D eigenvalue weighted by molar-refractivity contribution is -0.139. The van der Waals surface area contributed by atoms with Crippen molar-refractivity contribution in [1.29, 1.82) is 0 Å². The van der Waals surface area contributed by atoms with Crippen molar-refractivity contribution >= 4 is 11.8 Å². The second-order valence-electron chi connectivity index (χ2n) is 7.19. The number of likely N-dealkylation sites (tertiary alicyclic amines) is 1. The minimum Gasteiger partial charge on any atom is -0.396 e. The molecule has 136 valence electrons. The summed E-state index contributed by atoms with van der Waals surface area (Å²) in [5.74, 6) is -1.25. The Morgan fingerprint density at radius 2 is 1.96 bits per heavy atom. The predicted octanol–water partition coefficient (Wildman–Crippen LogP) is 2.02. The van der Waals surface area contributed by atoms with E-state index in [4.69, 9.17) is 0 Å². The average Bonchev–Trinajstić information content (AvgIpc) is 2.81. The number of halogens is 3. The number of alkyl halides is 3. The van der Waals surface area contributed by atoms with Crippen LogP contribution in [0.25, 0.3) is 0 Å². The summed E-state index contributed by atoms with van der Waals surface area (Å²) in [7, 11) is 0. The lowest BCUT2D eigenvalue weighted by Crippen LogP contribution is -2.55. The molecule has 0 aliphatic carbocycles. The number of hydrogen-bond acceptors (Lipinski definition) is 4.